The minimum absolute atomic E-state index is 0.0741. The van der Waals surface area contributed by atoms with E-state index < -0.39 is 10.1 Å². The van der Waals surface area contributed by atoms with Gasteiger partial charge in [-0.2, -0.15) is 27.7 Å². The average molecular weight is 790 g/mol. The molecule has 312 valence electrons. The molecule has 1 rings (SSSR count). The molecule has 0 amide bonds. The van der Waals surface area contributed by atoms with Gasteiger partial charge >= 0.3 is 23.7 Å². The number of aliphatic hydroxyl groups excluding tert-OH is 1. The minimum atomic E-state index is -4.00. The first-order valence-electron chi connectivity index (χ1n) is 21.4. The predicted molar refractivity (Wildman–Crippen MR) is 226 cm³/mol. The van der Waals surface area contributed by atoms with Crippen LogP contribution in [-0.2, 0) is 33.8 Å². The molecule has 7 heteroatoms. The zero-order chi connectivity index (χ0) is 40.4. The van der Waals surface area contributed by atoms with Gasteiger partial charge in [-0.3, -0.25) is 4.55 Å². The van der Waals surface area contributed by atoms with Crippen molar-refractivity contribution in [2.75, 3.05) is 0 Å². The fraction of sp³-hybridized carbons (Fsp3) is 0.800. The van der Waals surface area contributed by atoms with Crippen LogP contribution in [0.15, 0.2) is 35.2 Å². The molecular formula is C45H89O5STi-3. The third-order valence-corrected chi connectivity index (χ3v) is 8.97. The molecule has 0 atom stereocenters. The SMILES string of the molecule is CC(C)O.O=S(=O)(O)c1ccccc1.[CH2-]CCCCCCCCCCC.[CH2-]CCCCCCCCCCC.[CH2-]CCCCCCCCCCC.[O]=[Ti]. The van der Waals surface area contributed by atoms with Gasteiger partial charge in [0.05, 0.1) is 4.90 Å². The van der Waals surface area contributed by atoms with Gasteiger partial charge in [-0.15, -0.1) is 0 Å². The Balaban J connectivity index is -0.000000179. The summed E-state index contributed by atoms with van der Waals surface area (Å²) in [6.45, 7) is 21.8. The third kappa shape index (κ3) is 71.1. The van der Waals surface area contributed by atoms with Crippen LogP contribution in [0, 0.1) is 20.8 Å². The summed E-state index contributed by atoms with van der Waals surface area (Å²) < 4.78 is 37.5. The van der Waals surface area contributed by atoms with E-state index >= 15 is 0 Å². The molecule has 2 N–H and O–H groups in total. The number of rotatable bonds is 28. The van der Waals surface area contributed by atoms with Crippen LogP contribution in [0.2, 0.25) is 0 Å². The van der Waals surface area contributed by atoms with Gasteiger partial charge in [0, 0.05) is 6.10 Å². The summed E-state index contributed by atoms with van der Waals surface area (Å²) in [7, 11) is -4.00. The van der Waals surface area contributed by atoms with E-state index in [1.54, 1.807) is 32.0 Å². The molecule has 0 aromatic heterocycles. The van der Waals surface area contributed by atoms with Gasteiger partial charge in [-0.1, -0.05) is 212 Å². The molecule has 0 saturated heterocycles. The number of hydrogen-bond acceptors (Lipinski definition) is 4. The van der Waals surface area contributed by atoms with Crippen molar-refractivity contribution in [3.8, 4) is 0 Å². The molecule has 0 bridgehead atoms. The molecule has 1 aromatic rings. The van der Waals surface area contributed by atoms with Crippen LogP contribution in [0.4, 0.5) is 0 Å². The monoisotopic (exact) mass is 790 g/mol. The van der Waals surface area contributed by atoms with Gasteiger partial charge in [0.2, 0.25) is 0 Å². The van der Waals surface area contributed by atoms with Crippen molar-refractivity contribution in [1.29, 1.82) is 0 Å². The van der Waals surface area contributed by atoms with Crippen molar-refractivity contribution in [2.45, 2.75) is 238 Å². The molecule has 0 unspecified atom stereocenters. The summed E-state index contributed by atoms with van der Waals surface area (Å²) >= 11 is 0.750. The van der Waals surface area contributed by atoms with E-state index in [9.17, 15) is 8.42 Å². The zero-order valence-corrected chi connectivity index (χ0v) is 37.7. The fourth-order valence-corrected chi connectivity index (χ4v) is 5.56. The summed E-state index contributed by atoms with van der Waals surface area (Å²) in [6, 6.07) is 7.42. The molecule has 0 aliphatic rings. The summed E-state index contributed by atoms with van der Waals surface area (Å²) in [6.07, 6.45) is 41.5. The van der Waals surface area contributed by atoms with E-state index in [0.717, 1.165) is 39.7 Å². The second-order valence-corrected chi connectivity index (χ2v) is 15.3. The van der Waals surface area contributed by atoms with Crippen molar-refractivity contribution < 1.29 is 41.8 Å². The van der Waals surface area contributed by atoms with Crippen LogP contribution in [0.5, 0.6) is 0 Å². The van der Waals surface area contributed by atoms with Gasteiger partial charge < -0.3 is 25.9 Å². The second-order valence-electron chi connectivity index (χ2n) is 13.9. The Morgan fingerprint density at radius 2 is 0.673 bits per heavy atom. The van der Waals surface area contributed by atoms with Gasteiger partial charge in [-0.25, -0.2) is 0 Å². The first kappa shape index (κ1) is 60.8. The van der Waals surface area contributed by atoms with E-state index in [-0.39, 0.29) is 11.0 Å². The molecule has 0 aliphatic carbocycles. The van der Waals surface area contributed by atoms with Crippen LogP contribution >= 0.6 is 0 Å². The Hall–Kier alpha value is -0.396. The molecule has 1 aromatic carbocycles. The van der Waals surface area contributed by atoms with Crippen molar-refractivity contribution in [2.24, 2.45) is 0 Å². The van der Waals surface area contributed by atoms with E-state index in [4.69, 9.17) is 13.0 Å². The summed E-state index contributed by atoms with van der Waals surface area (Å²) in [5.41, 5.74) is 0. The molecule has 0 aliphatic heterocycles. The van der Waals surface area contributed by atoms with Crippen molar-refractivity contribution in [3.05, 3.63) is 51.1 Å². The quantitative estimate of drug-likeness (QED) is 0.0382. The molecule has 0 spiro atoms. The van der Waals surface area contributed by atoms with Gasteiger partial charge in [-0.05, 0) is 26.0 Å². The van der Waals surface area contributed by atoms with Crippen LogP contribution in [0.3, 0.4) is 0 Å². The Labute approximate surface area is 339 Å². The number of unbranched alkanes of at least 4 members (excludes halogenated alkanes) is 27. The summed E-state index contributed by atoms with van der Waals surface area (Å²) in [5, 5.41) is 8.06. The molecule has 0 saturated carbocycles. The van der Waals surface area contributed by atoms with E-state index in [0.29, 0.717) is 0 Å². The summed E-state index contributed by atoms with van der Waals surface area (Å²) in [5.74, 6) is 0. The fourth-order valence-electron chi connectivity index (χ4n) is 5.05. The van der Waals surface area contributed by atoms with Gasteiger partial charge in [0.15, 0.2) is 0 Å². The molecule has 0 radical (unpaired) electrons. The number of aliphatic hydroxyl groups is 1. The van der Waals surface area contributed by atoms with Crippen molar-refractivity contribution in [3.63, 3.8) is 0 Å². The van der Waals surface area contributed by atoms with Gasteiger partial charge in [0.25, 0.3) is 10.1 Å². The Morgan fingerprint density at radius 3 is 0.827 bits per heavy atom. The standard InChI is InChI=1S/3C12H25.C6H6O3S.C3H8O.O.Ti/c3*1-3-5-7-9-11-12-10-8-6-4-2;7-10(8,9)6-4-2-1-3-5-6;1-3(2)4;;/h3*1,3-12H2,2H3;1-5H,(H,7,8,9);3-4H,1-2H3;;/q3*-1;;;;. The van der Waals surface area contributed by atoms with Crippen LogP contribution in [0.1, 0.15) is 227 Å². The Kier molecular flexibility index (Phi) is 67.1. The van der Waals surface area contributed by atoms with Gasteiger partial charge in [0.1, 0.15) is 0 Å². The molecular weight excluding hydrogens is 700 g/mol. The number of benzene rings is 1. The maximum atomic E-state index is 10.4. The second kappa shape index (κ2) is 57.3. The normalized spacial score (nSPS) is 10.2. The zero-order valence-electron chi connectivity index (χ0n) is 35.3. The van der Waals surface area contributed by atoms with E-state index in [1.165, 1.54) is 185 Å². The number of hydrogen-bond donors (Lipinski definition) is 2. The molecule has 5 nitrogen and oxygen atoms in total. The molecule has 0 heterocycles. The van der Waals surface area contributed by atoms with E-state index in [2.05, 4.69) is 41.5 Å². The van der Waals surface area contributed by atoms with Crippen LogP contribution < -0.4 is 0 Å². The van der Waals surface area contributed by atoms with Crippen molar-refractivity contribution >= 4 is 10.1 Å². The van der Waals surface area contributed by atoms with E-state index in [1.807, 2.05) is 0 Å². The topological polar surface area (TPSA) is 91.7 Å². The molecule has 52 heavy (non-hydrogen) atoms. The predicted octanol–water partition coefficient (Wildman–Crippen LogP) is 15.4. The van der Waals surface area contributed by atoms with Crippen molar-refractivity contribution in [1.82, 2.24) is 0 Å². The third-order valence-electron chi connectivity index (χ3n) is 8.10. The summed E-state index contributed by atoms with van der Waals surface area (Å²) in [4.78, 5) is -0.0741. The maximum absolute atomic E-state index is 10.4. The Bertz CT molecular complexity index is 725. The Morgan fingerprint density at radius 1 is 0.481 bits per heavy atom. The average Bonchev–Trinajstić information content (AvgIpc) is 3.13. The first-order chi connectivity index (χ1) is 25.1. The van der Waals surface area contributed by atoms with Crippen LogP contribution in [-0.4, -0.2) is 24.2 Å². The molecule has 0 fully saturated rings. The first-order valence-corrected chi connectivity index (χ1v) is 23.4. The van der Waals surface area contributed by atoms with Crippen LogP contribution in [0.25, 0.3) is 0 Å².